The number of rotatable bonds is 8. The molecule has 2 fully saturated rings. The molecule has 2 heterocycles. The molecule has 3 aromatic rings. The van der Waals surface area contributed by atoms with Crippen molar-refractivity contribution in [3.8, 4) is 0 Å². The van der Waals surface area contributed by atoms with E-state index in [4.69, 9.17) is 4.98 Å². The van der Waals surface area contributed by atoms with Gasteiger partial charge in [0.05, 0.1) is 15.1 Å². The van der Waals surface area contributed by atoms with Gasteiger partial charge in [-0.25, -0.2) is 13.4 Å². The van der Waals surface area contributed by atoms with E-state index in [0.29, 0.717) is 12.1 Å². The van der Waals surface area contributed by atoms with Crippen molar-refractivity contribution in [3.05, 3.63) is 53.1 Å². The molecule has 5 rings (SSSR count). The molecule has 210 valence electrons. The average Bonchev–Trinajstić information content (AvgIpc) is 3.38. The van der Waals surface area contributed by atoms with Gasteiger partial charge in [-0.2, -0.15) is 4.31 Å². The van der Waals surface area contributed by atoms with Gasteiger partial charge in [0.2, 0.25) is 10.0 Å². The van der Waals surface area contributed by atoms with E-state index >= 15 is 0 Å². The van der Waals surface area contributed by atoms with Crippen molar-refractivity contribution >= 4 is 42.6 Å². The summed E-state index contributed by atoms with van der Waals surface area (Å²) in [5.41, 5.74) is 4.07. The maximum atomic E-state index is 13.1. The third kappa shape index (κ3) is 6.29. The maximum absolute atomic E-state index is 13.1. The molecular weight excluding hydrogens is 530 g/mol. The number of hydrogen-bond acceptors (Lipinski definition) is 7. The van der Waals surface area contributed by atoms with E-state index in [-0.39, 0.29) is 16.8 Å². The van der Waals surface area contributed by atoms with Gasteiger partial charge in [0.25, 0.3) is 5.91 Å². The van der Waals surface area contributed by atoms with Crippen molar-refractivity contribution in [3.63, 3.8) is 0 Å². The lowest BCUT2D eigenvalue weighted by Crippen LogP contribution is -2.48. The van der Waals surface area contributed by atoms with Gasteiger partial charge in [0.15, 0.2) is 5.13 Å². The van der Waals surface area contributed by atoms with Crippen LogP contribution < -0.4 is 10.2 Å². The number of anilines is 1. The summed E-state index contributed by atoms with van der Waals surface area (Å²) in [7, 11) is -1.89. The number of amides is 1. The molecule has 10 heteroatoms. The van der Waals surface area contributed by atoms with Gasteiger partial charge < -0.3 is 10.2 Å². The number of carbonyl (C=O) groups is 1. The Labute approximate surface area is 236 Å². The highest BCUT2D eigenvalue weighted by atomic mass is 32.2. The van der Waals surface area contributed by atoms with Gasteiger partial charge in [-0.05, 0) is 68.1 Å². The lowest BCUT2D eigenvalue weighted by atomic mass is 9.96. The zero-order chi connectivity index (χ0) is 27.6. The number of carbonyl (C=O) groups excluding carboxylic acids is 1. The van der Waals surface area contributed by atoms with E-state index in [2.05, 4.69) is 41.1 Å². The second kappa shape index (κ2) is 11.9. The largest absolute Gasteiger partial charge is 0.351 e. The molecule has 8 nitrogen and oxygen atoms in total. The minimum absolute atomic E-state index is 0.0586. The van der Waals surface area contributed by atoms with Crippen LogP contribution in [0.5, 0.6) is 0 Å². The number of aromatic nitrogens is 1. The first-order valence-electron chi connectivity index (χ1n) is 13.9. The van der Waals surface area contributed by atoms with Gasteiger partial charge in [-0.15, -0.1) is 0 Å². The average molecular weight is 570 g/mol. The Hall–Kier alpha value is -2.53. The topological polar surface area (TPSA) is 85.9 Å². The molecule has 1 aromatic heterocycles. The third-order valence-electron chi connectivity index (χ3n) is 8.06. The van der Waals surface area contributed by atoms with E-state index in [0.717, 1.165) is 69.1 Å². The SMILES string of the molecule is Cc1cc(C)c2nc(N3CCN(CCNC(=O)c4ccc(S(=O)(=O)N(C)C5CCCCC5)cc4)CC3)sc2c1. The molecule has 1 saturated carbocycles. The molecule has 0 unspecified atom stereocenters. The Morgan fingerprint density at radius 1 is 1.05 bits per heavy atom. The summed E-state index contributed by atoms with van der Waals surface area (Å²) in [6.07, 6.45) is 5.14. The van der Waals surface area contributed by atoms with Crippen molar-refractivity contribution in [1.29, 1.82) is 0 Å². The predicted octanol–water partition coefficient (Wildman–Crippen LogP) is 4.42. The molecule has 2 aliphatic rings. The van der Waals surface area contributed by atoms with Crippen molar-refractivity contribution in [2.45, 2.75) is 56.9 Å². The molecule has 39 heavy (non-hydrogen) atoms. The Kier molecular flexibility index (Phi) is 8.56. The lowest BCUT2D eigenvalue weighted by Gasteiger charge is -2.34. The molecule has 1 amide bonds. The Morgan fingerprint density at radius 3 is 2.44 bits per heavy atom. The standard InChI is InChI=1S/C29H39N5O3S2/c1-21-19-22(2)27-26(20-21)38-29(31-27)34-17-15-33(16-18-34)14-13-30-28(35)23-9-11-25(12-10-23)39(36,37)32(3)24-7-5-4-6-8-24/h9-12,19-20,24H,4-8,13-18H2,1-3H3,(H,30,35). The Balaban J connectivity index is 1.09. The lowest BCUT2D eigenvalue weighted by molar-refractivity contribution is 0.0947. The summed E-state index contributed by atoms with van der Waals surface area (Å²) in [4.78, 5) is 22.6. The maximum Gasteiger partial charge on any atom is 0.251 e. The van der Waals surface area contributed by atoms with Crippen molar-refractivity contribution < 1.29 is 13.2 Å². The van der Waals surface area contributed by atoms with Gasteiger partial charge in [0.1, 0.15) is 0 Å². The quantitative estimate of drug-likeness (QED) is 0.432. The highest BCUT2D eigenvalue weighted by Crippen LogP contribution is 2.32. The molecular formula is C29H39N5O3S2. The molecule has 0 bridgehead atoms. The molecule has 1 N–H and O–H groups in total. The zero-order valence-electron chi connectivity index (χ0n) is 23.1. The molecule has 1 saturated heterocycles. The van der Waals surface area contributed by atoms with E-state index in [1.165, 1.54) is 26.6 Å². The predicted molar refractivity (Wildman–Crippen MR) is 158 cm³/mol. The number of benzene rings is 2. The highest BCUT2D eigenvalue weighted by molar-refractivity contribution is 7.89. The van der Waals surface area contributed by atoms with Crippen LogP contribution in [0.3, 0.4) is 0 Å². The summed E-state index contributed by atoms with van der Waals surface area (Å²) in [5.74, 6) is -0.182. The summed E-state index contributed by atoms with van der Waals surface area (Å²) in [5, 5.41) is 4.07. The fourth-order valence-corrected chi connectivity index (χ4v) is 8.28. The number of piperazine rings is 1. The van der Waals surface area contributed by atoms with E-state index in [1.807, 2.05) is 0 Å². The first-order valence-corrected chi connectivity index (χ1v) is 16.2. The van der Waals surface area contributed by atoms with Crippen LogP contribution in [0.1, 0.15) is 53.6 Å². The van der Waals surface area contributed by atoms with E-state index in [1.54, 1.807) is 42.6 Å². The smallest absolute Gasteiger partial charge is 0.251 e. The van der Waals surface area contributed by atoms with Crippen LogP contribution in [0.2, 0.25) is 0 Å². The van der Waals surface area contributed by atoms with Crippen LogP contribution in [0.4, 0.5) is 5.13 Å². The van der Waals surface area contributed by atoms with Crippen LogP contribution in [0, 0.1) is 13.8 Å². The first kappa shape index (κ1) is 28.0. The number of hydrogen-bond donors (Lipinski definition) is 1. The minimum atomic E-state index is -3.56. The minimum Gasteiger partial charge on any atom is -0.351 e. The van der Waals surface area contributed by atoms with Crippen molar-refractivity contribution in [1.82, 2.24) is 19.5 Å². The van der Waals surface area contributed by atoms with Gasteiger partial charge in [-0.1, -0.05) is 36.7 Å². The number of nitrogens with one attached hydrogen (secondary N) is 1. The number of thiazole rings is 1. The third-order valence-corrected chi connectivity index (χ3v) is 11.0. The number of aryl methyl sites for hydroxylation is 2. The number of nitrogens with zero attached hydrogens (tertiary/aromatic N) is 4. The second-order valence-electron chi connectivity index (χ2n) is 10.8. The zero-order valence-corrected chi connectivity index (χ0v) is 24.8. The van der Waals surface area contributed by atoms with Crippen LogP contribution in [-0.2, 0) is 10.0 Å². The number of sulfonamides is 1. The van der Waals surface area contributed by atoms with Crippen LogP contribution in [-0.4, -0.2) is 80.9 Å². The van der Waals surface area contributed by atoms with Gasteiger partial charge in [-0.3, -0.25) is 9.69 Å². The molecule has 2 aromatic carbocycles. The molecule has 0 atom stereocenters. The molecule has 1 aliphatic heterocycles. The van der Waals surface area contributed by atoms with Crippen molar-refractivity contribution in [2.24, 2.45) is 0 Å². The highest BCUT2D eigenvalue weighted by Gasteiger charge is 2.29. The second-order valence-corrected chi connectivity index (χ2v) is 13.9. The summed E-state index contributed by atoms with van der Waals surface area (Å²) >= 11 is 1.76. The summed E-state index contributed by atoms with van der Waals surface area (Å²) in [6.45, 7) is 9.24. The monoisotopic (exact) mass is 569 g/mol. The molecule has 1 aliphatic carbocycles. The van der Waals surface area contributed by atoms with Gasteiger partial charge >= 0.3 is 0 Å². The van der Waals surface area contributed by atoms with Gasteiger partial charge in [0, 0.05) is 57.9 Å². The van der Waals surface area contributed by atoms with E-state index < -0.39 is 10.0 Å². The normalized spacial score (nSPS) is 17.7. The van der Waals surface area contributed by atoms with Crippen LogP contribution in [0.15, 0.2) is 41.3 Å². The number of fused-ring (bicyclic) bond motifs is 1. The fourth-order valence-electron chi connectivity index (χ4n) is 5.67. The fraction of sp³-hybridized carbons (Fsp3) is 0.517. The summed E-state index contributed by atoms with van der Waals surface area (Å²) < 4.78 is 28.9. The molecule has 0 radical (unpaired) electrons. The molecule has 0 spiro atoms. The first-order chi connectivity index (χ1) is 18.7. The van der Waals surface area contributed by atoms with Crippen LogP contribution >= 0.6 is 11.3 Å². The Morgan fingerprint density at radius 2 is 1.74 bits per heavy atom. The Bertz CT molecular complexity index is 1410. The van der Waals surface area contributed by atoms with Crippen LogP contribution in [0.25, 0.3) is 10.2 Å². The van der Waals surface area contributed by atoms with Crippen molar-refractivity contribution in [2.75, 3.05) is 51.2 Å². The summed E-state index contributed by atoms with van der Waals surface area (Å²) in [6, 6.07) is 10.8. The van der Waals surface area contributed by atoms with E-state index in [9.17, 15) is 13.2 Å².